The van der Waals surface area contributed by atoms with Crippen LogP contribution in [0.2, 0.25) is 0 Å². The lowest BCUT2D eigenvalue weighted by atomic mass is 9.76. The van der Waals surface area contributed by atoms with Gasteiger partial charge >= 0.3 is 7.12 Å². The molecule has 2 rings (SSSR count). The zero-order valence-electron chi connectivity index (χ0n) is 12.2. The molecule has 0 aliphatic carbocycles. The van der Waals surface area contributed by atoms with Crippen molar-refractivity contribution >= 4 is 12.6 Å². The molecule has 1 aliphatic heterocycles. The van der Waals surface area contributed by atoms with E-state index in [0.29, 0.717) is 17.4 Å². The number of pyridine rings is 1. The van der Waals surface area contributed by atoms with E-state index in [-0.39, 0.29) is 6.42 Å². The van der Waals surface area contributed by atoms with Gasteiger partial charge in [-0.05, 0) is 39.7 Å². The van der Waals surface area contributed by atoms with Crippen LogP contribution in [0, 0.1) is 17.1 Å². The molecule has 0 atom stereocenters. The van der Waals surface area contributed by atoms with Crippen LogP contribution in [0.3, 0.4) is 0 Å². The smallest absolute Gasteiger partial charge is 0.399 e. The predicted molar refractivity (Wildman–Crippen MR) is 73.8 cm³/mol. The minimum atomic E-state index is -0.656. The highest BCUT2D eigenvalue weighted by Gasteiger charge is 2.52. The number of nitrogens with zero attached hydrogens (tertiary/aromatic N) is 2. The number of hydrogen-bond acceptors (Lipinski definition) is 4. The zero-order valence-corrected chi connectivity index (χ0v) is 12.2. The first-order valence-corrected chi connectivity index (χ1v) is 6.63. The largest absolute Gasteiger partial charge is 0.496 e. The van der Waals surface area contributed by atoms with Gasteiger partial charge in [0.15, 0.2) is 0 Å². The summed E-state index contributed by atoms with van der Waals surface area (Å²) in [6, 6.07) is 2.03. The SMILES string of the molecule is CC1(C)OB(c2cncc(F)c2CCC#N)OC1(C)C. The second-order valence-corrected chi connectivity index (χ2v) is 5.94. The molecule has 20 heavy (non-hydrogen) atoms. The predicted octanol–water partition coefficient (Wildman–Crippen LogP) is 1.98. The summed E-state index contributed by atoms with van der Waals surface area (Å²) in [5.41, 5.74) is 0.0337. The van der Waals surface area contributed by atoms with Crippen molar-refractivity contribution in [2.45, 2.75) is 51.7 Å². The Bertz CT molecular complexity index is 539. The molecular formula is C14H18BFN2O2. The third-order valence-electron chi connectivity index (χ3n) is 4.03. The van der Waals surface area contributed by atoms with Crippen LogP contribution in [0.1, 0.15) is 39.7 Å². The van der Waals surface area contributed by atoms with E-state index in [9.17, 15) is 4.39 Å². The summed E-state index contributed by atoms with van der Waals surface area (Å²) in [4.78, 5) is 3.88. The third kappa shape index (κ3) is 2.56. The van der Waals surface area contributed by atoms with Gasteiger partial charge in [0.1, 0.15) is 5.82 Å². The number of rotatable bonds is 3. The quantitative estimate of drug-likeness (QED) is 0.792. The molecule has 0 radical (unpaired) electrons. The molecule has 1 fully saturated rings. The van der Waals surface area contributed by atoms with E-state index in [1.165, 1.54) is 0 Å². The summed E-state index contributed by atoms with van der Waals surface area (Å²) in [7, 11) is -0.656. The molecule has 1 aliphatic rings. The fraction of sp³-hybridized carbons (Fsp3) is 0.571. The zero-order chi connectivity index (χ0) is 15.0. The maximum atomic E-state index is 13.9. The molecule has 0 unspecified atom stereocenters. The average Bonchev–Trinajstić information content (AvgIpc) is 2.56. The Kier molecular flexibility index (Phi) is 3.85. The van der Waals surface area contributed by atoms with Crippen molar-refractivity contribution in [3.63, 3.8) is 0 Å². The van der Waals surface area contributed by atoms with Gasteiger partial charge in [0.25, 0.3) is 0 Å². The Labute approximate surface area is 119 Å². The minimum Gasteiger partial charge on any atom is -0.399 e. The molecule has 1 aromatic rings. The highest BCUT2D eigenvalue weighted by atomic mass is 19.1. The number of hydrogen-bond donors (Lipinski definition) is 0. The molecule has 1 aromatic heterocycles. The first-order chi connectivity index (χ1) is 9.28. The first-order valence-electron chi connectivity index (χ1n) is 6.63. The number of nitriles is 1. The monoisotopic (exact) mass is 276 g/mol. The van der Waals surface area contributed by atoms with Crippen LogP contribution in [0.15, 0.2) is 12.4 Å². The standard InChI is InChI=1S/C14H18BFN2O2/c1-13(2)14(3,4)20-15(19-13)11-8-18-9-12(16)10(11)6-5-7-17/h8-9H,5-6H2,1-4H3. The van der Waals surface area contributed by atoms with Crippen molar-refractivity contribution in [2.24, 2.45) is 0 Å². The van der Waals surface area contributed by atoms with Gasteiger partial charge in [-0.25, -0.2) is 4.39 Å². The Balaban J connectivity index is 2.35. The average molecular weight is 276 g/mol. The maximum Gasteiger partial charge on any atom is 0.496 e. The lowest BCUT2D eigenvalue weighted by molar-refractivity contribution is 0.00578. The van der Waals surface area contributed by atoms with Crippen molar-refractivity contribution in [3.8, 4) is 6.07 Å². The highest BCUT2D eigenvalue weighted by molar-refractivity contribution is 6.62. The highest BCUT2D eigenvalue weighted by Crippen LogP contribution is 2.36. The van der Waals surface area contributed by atoms with E-state index in [1.807, 2.05) is 33.8 Å². The Morgan fingerprint density at radius 1 is 1.25 bits per heavy atom. The van der Waals surface area contributed by atoms with Gasteiger partial charge in [-0.2, -0.15) is 5.26 Å². The fourth-order valence-electron chi connectivity index (χ4n) is 2.09. The molecule has 0 amide bonds. The molecule has 1 saturated heterocycles. The Hall–Kier alpha value is -1.45. The van der Waals surface area contributed by atoms with E-state index in [4.69, 9.17) is 14.6 Å². The third-order valence-corrected chi connectivity index (χ3v) is 4.03. The Morgan fingerprint density at radius 3 is 2.40 bits per heavy atom. The summed E-state index contributed by atoms with van der Waals surface area (Å²) in [5, 5.41) is 8.69. The van der Waals surface area contributed by atoms with Crippen LogP contribution in [0.4, 0.5) is 4.39 Å². The van der Waals surface area contributed by atoms with Crippen LogP contribution >= 0.6 is 0 Å². The summed E-state index contributed by atoms with van der Waals surface area (Å²) >= 11 is 0. The normalized spacial score (nSPS) is 19.9. The van der Waals surface area contributed by atoms with Gasteiger partial charge in [-0.3, -0.25) is 4.98 Å². The van der Waals surface area contributed by atoms with Crippen LogP contribution in [0.25, 0.3) is 0 Å². The van der Waals surface area contributed by atoms with Gasteiger partial charge < -0.3 is 9.31 Å². The van der Waals surface area contributed by atoms with Crippen LogP contribution < -0.4 is 5.46 Å². The molecule has 106 valence electrons. The molecule has 0 bridgehead atoms. The first kappa shape index (κ1) is 15.0. The molecule has 2 heterocycles. The lowest BCUT2D eigenvalue weighted by Gasteiger charge is -2.32. The second-order valence-electron chi connectivity index (χ2n) is 5.94. The minimum absolute atomic E-state index is 0.243. The van der Waals surface area contributed by atoms with Crippen molar-refractivity contribution < 1.29 is 13.7 Å². The molecule has 0 aromatic carbocycles. The topological polar surface area (TPSA) is 55.1 Å². The van der Waals surface area contributed by atoms with Gasteiger partial charge in [-0.15, -0.1) is 0 Å². The van der Waals surface area contributed by atoms with Crippen LogP contribution in [-0.4, -0.2) is 23.3 Å². The number of aromatic nitrogens is 1. The second kappa shape index (κ2) is 5.15. The van der Waals surface area contributed by atoms with Crippen LogP contribution in [0.5, 0.6) is 0 Å². The summed E-state index contributed by atoms with van der Waals surface area (Å²) in [5.74, 6) is -0.424. The van der Waals surface area contributed by atoms with E-state index in [2.05, 4.69) is 4.98 Å². The van der Waals surface area contributed by atoms with Gasteiger partial charge in [-0.1, -0.05) is 0 Å². The number of halogens is 1. The molecular weight excluding hydrogens is 258 g/mol. The summed E-state index contributed by atoms with van der Waals surface area (Å²) in [6.45, 7) is 7.76. The maximum absolute atomic E-state index is 13.9. The Morgan fingerprint density at radius 2 is 1.85 bits per heavy atom. The van der Waals surface area contributed by atoms with Gasteiger partial charge in [0, 0.05) is 18.1 Å². The van der Waals surface area contributed by atoms with Gasteiger partial charge in [0.05, 0.1) is 23.5 Å². The van der Waals surface area contributed by atoms with Crippen molar-refractivity contribution in [1.82, 2.24) is 4.98 Å². The van der Waals surface area contributed by atoms with Crippen molar-refractivity contribution in [1.29, 1.82) is 5.26 Å². The van der Waals surface area contributed by atoms with Crippen molar-refractivity contribution in [2.75, 3.05) is 0 Å². The van der Waals surface area contributed by atoms with E-state index >= 15 is 0 Å². The van der Waals surface area contributed by atoms with Crippen molar-refractivity contribution in [3.05, 3.63) is 23.8 Å². The van der Waals surface area contributed by atoms with Crippen LogP contribution in [-0.2, 0) is 15.7 Å². The molecule has 0 N–H and O–H groups in total. The van der Waals surface area contributed by atoms with E-state index in [0.717, 1.165) is 6.20 Å². The lowest BCUT2D eigenvalue weighted by Crippen LogP contribution is -2.41. The van der Waals surface area contributed by atoms with E-state index in [1.54, 1.807) is 6.20 Å². The molecule has 4 nitrogen and oxygen atoms in total. The molecule has 0 saturated carbocycles. The molecule has 0 spiro atoms. The summed E-state index contributed by atoms with van der Waals surface area (Å²) < 4.78 is 25.8. The fourth-order valence-corrected chi connectivity index (χ4v) is 2.09. The van der Waals surface area contributed by atoms with E-state index < -0.39 is 24.1 Å². The summed E-state index contributed by atoms with van der Waals surface area (Å²) in [6.07, 6.45) is 3.27. The molecule has 6 heteroatoms. The van der Waals surface area contributed by atoms with Gasteiger partial charge in [0.2, 0.25) is 0 Å².